The molecule has 0 radical (unpaired) electrons. The third-order valence-electron chi connectivity index (χ3n) is 3.45. The number of ether oxygens (including phenoxy) is 1. The SMILES string of the molecule is COc1ccc2c(ccn2CCC2CC2)c1. The van der Waals surface area contributed by atoms with Crippen molar-refractivity contribution in [3.8, 4) is 5.75 Å². The molecule has 0 aliphatic heterocycles. The normalized spacial score (nSPS) is 15.6. The van der Waals surface area contributed by atoms with Gasteiger partial charge in [-0.2, -0.15) is 0 Å². The average molecular weight is 215 g/mol. The quantitative estimate of drug-likeness (QED) is 0.762. The standard InChI is InChI=1S/C14H17NO/c1-16-13-4-5-14-12(10-13)7-9-15(14)8-6-11-2-3-11/h4-5,7,9-11H,2-3,6,8H2,1H3. The number of nitrogens with zero attached hydrogens (tertiary/aromatic N) is 1. The maximum atomic E-state index is 5.23. The van der Waals surface area contributed by atoms with Gasteiger partial charge < -0.3 is 9.30 Å². The van der Waals surface area contributed by atoms with Crippen LogP contribution in [0, 0.1) is 5.92 Å². The highest BCUT2D eigenvalue weighted by atomic mass is 16.5. The van der Waals surface area contributed by atoms with Crippen LogP contribution in [0.1, 0.15) is 19.3 Å². The van der Waals surface area contributed by atoms with E-state index in [9.17, 15) is 0 Å². The Bertz CT molecular complexity index is 496. The molecular weight excluding hydrogens is 198 g/mol. The fourth-order valence-corrected chi connectivity index (χ4v) is 2.23. The molecule has 2 heteroatoms. The van der Waals surface area contributed by atoms with Crippen LogP contribution in [-0.4, -0.2) is 11.7 Å². The summed E-state index contributed by atoms with van der Waals surface area (Å²) < 4.78 is 7.58. The monoisotopic (exact) mass is 215 g/mol. The third-order valence-corrected chi connectivity index (χ3v) is 3.45. The van der Waals surface area contributed by atoms with Crippen molar-refractivity contribution in [2.24, 2.45) is 5.92 Å². The number of methoxy groups -OCH3 is 1. The first kappa shape index (κ1) is 9.76. The van der Waals surface area contributed by atoms with Gasteiger partial charge in [-0.3, -0.25) is 0 Å². The van der Waals surface area contributed by atoms with Gasteiger partial charge in [0.25, 0.3) is 0 Å². The zero-order chi connectivity index (χ0) is 11.0. The van der Waals surface area contributed by atoms with Crippen molar-refractivity contribution in [1.29, 1.82) is 0 Å². The molecule has 1 aliphatic carbocycles. The highest BCUT2D eigenvalue weighted by Crippen LogP contribution is 2.33. The maximum Gasteiger partial charge on any atom is 0.119 e. The lowest BCUT2D eigenvalue weighted by molar-refractivity contribution is 0.415. The van der Waals surface area contributed by atoms with E-state index in [4.69, 9.17) is 4.74 Å². The van der Waals surface area contributed by atoms with E-state index in [1.807, 2.05) is 6.07 Å². The Morgan fingerprint density at radius 2 is 2.19 bits per heavy atom. The van der Waals surface area contributed by atoms with E-state index in [1.54, 1.807) is 7.11 Å². The lowest BCUT2D eigenvalue weighted by Crippen LogP contribution is -1.96. The van der Waals surface area contributed by atoms with Crippen molar-refractivity contribution in [1.82, 2.24) is 4.57 Å². The fourth-order valence-electron chi connectivity index (χ4n) is 2.23. The summed E-state index contributed by atoms with van der Waals surface area (Å²) in [5, 5.41) is 1.27. The molecule has 1 aromatic heterocycles. The number of hydrogen-bond donors (Lipinski definition) is 0. The van der Waals surface area contributed by atoms with E-state index in [0.29, 0.717) is 0 Å². The van der Waals surface area contributed by atoms with Crippen molar-refractivity contribution in [3.05, 3.63) is 30.5 Å². The zero-order valence-corrected chi connectivity index (χ0v) is 9.65. The Labute approximate surface area is 95.8 Å². The Morgan fingerprint density at radius 1 is 1.31 bits per heavy atom. The number of aryl methyl sites for hydroxylation is 1. The van der Waals surface area contributed by atoms with Gasteiger partial charge >= 0.3 is 0 Å². The molecule has 0 saturated heterocycles. The maximum absolute atomic E-state index is 5.23. The van der Waals surface area contributed by atoms with E-state index in [0.717, 1.165) is 18.2 Å². The van der Waals surface area contributed by atoms with Crippen molar-refractivity contribution in [2.45, 2.75) is 25.8 Å². The molecule has 1 aliphatic rings. The first-order valence-electron chi connectivity index (χ1n) is 6.00. The number of rotatable bonds is 4. The van der Waals surface area contributed by atoms with Crippen molar-refractivity contribution in [3.63, 3.8) is 0 Å². The predicted molar refractivity (Wildman–Crippen MR) is 65.8 cm³/mol. The van der Waals surface area contributed by atoms with Crippen LogP contribution in [-0.2, 0) is 6.54 Å². The van der Waals surface area contributed by atoms with E-state index in [1.165, 1.54) is 30.2 Å². The van der Waals surface area contributed by atoms with Crippen molar-refractivity contribution in [2.75, 3.05) is 7.11 Å². The Hall–Kier alpha value is -1.44. The Balaban J connectivity index is 1.87. The van der Waals surface area contributed by atoms with E-state index in [-0.39, 0.29) is 0 Å². The minimum Gasteiger partial charge on any atom is -0.497 e. The minimum atomic E-state index is 0.937. The minimum absolute atomic E-state index is 0.937. The number of hydrogen-bond acceptors (Lipinski definition) is 1. The second kappa shape index (κ2) is 3.85. The molecule has 0 N–H and O–H groups in total. The summed E-state index contributed by atoms with van der Waals surface area (Å²) in [7, 11) is 1.71. The van der Waals surface area contributed by atoms with Gasteiger partial charge in [0, 0.05) is 23.6 Å². The highest BCUT2D eigenvalue weighted by molar-refractivity contribution is 5.81. The van der Waals surface area contributed by atoms with E-state index < -0.39 is 0 Å². The molecule has 0 unspecified atom stereocenters. The largest absolute Gasteiger partial charge is 0.497 e. The zero-order valence-electron chi connectivity index (χ0n) is 9.65. The summed E-state index contributed by atoms with van der Waals surface area (Å²) in [4.78, 5) is 0. The topological polar surface area (TPSA) is 14.2 Å². The molecule has 1 saturated carbocycles. The van der Waals surface area contributed by atoms with Gasteiger partial charge in [-0.25, -0.2) is 0 Å². The second-order valence-corrected chi connectivity index (χ2v) is 4.67. The molecule has 0 bridgehead atoms. The van der Waals surface area contributed by atoms with Crippen LogP contribution < -0.4 is 4.74 Å². The fraction of sp³-hybridized carbons (Fsp3) is 0.429. The van der Waals surface area contributed by atoms with Crippen LogP contribution in [0.3, 0.4) is 0 Å². The van der Waals surface area contributed by atoms with Crippen LogP contribution in [0.25, 0.3) is 10.9 Å². The molecule has 3 rings (SSSR count). The van der Waals surface area contributed by atoms with Gasteiger partial charge in [-0.15, -0.1) is 0 Å². The van der Waals surface area contributed by atoms with Crippen LogP contribution in [0.5, 0.6) is 5.75 Å². The van der Waals surface area contributed by atoms with Crippen LogP contribution >= 0.6 is 0 Å². The summed E-state index contributed by atoms with van der Waals surface area (Å²) in [5.74, 6) is 1.93. The Morgan fingerprint density at radius 3 is 2.94 bits per heavy atom. The third kappa shape index (κ3) is 1.80. The summed E-state index contributed by atoms with van der Waals surface area (Å²) >= 11 is 0. The van der Waals surface area contributed by atoms with Crippen LogP contribution in [0.15, 0.2) is 30.5 Å². The summed E-state index contributed by atoms with van der Waals surface area (Å²) in [5.41, 5.74) is 1.32. The molecule has 0 spiro atoms. The molecule has 16 heavy (non-hydrogen) atoms. The lowest BCUT2D eigenvalue weighted by Gasteiger charge is -2.05. The van der Waals surface area contributed by atoms with Gasteiger partial charge in [0.15, 0.2) is 0 Å². The number of fused-ring (bicyclic) bond motifs is 1. The molecule has 0 amide bonds. The lowest BCUT2D eigenvalue weighted by atomic mass is 10.2. The first-order valence-corrected chi connectivity index (χ1v) is 6.00. The number of aromatic nitrogens is 1. The van der Waals surface area contributed by atoms with Crippen LogP contribution in [0.2, 0.25) is 0 Å². The van der Waals surface area contributed by atoms with Gasteiger partial charge in [0.2, 0.25) is 0 Å². The summed E-state index contributed by atoms with van der Waals surface area (Å²) in [6.45, 7) is 1.15. The van der Waals surface area contributed by atoms with Gasteiger partial charge in [0.05, 0.1) is 7.11 Å². The molecule has 0 atom stereocenters. The Kier molecular flexibility index (Phi) is 2.35. The average Bonchev–Trinajstić information content (AvgIpc) is 3.06. The summed E-state index contributed by atoms with van der Waals surface area (Å²) in [6.07, 6.45) is 6.39. The van der Waals surface area contributed by atoms with Crippen molar-refractivity contribution < 1.29 is 4.74 Å². The number of benzene rings is 1. The molecule has 1 aromatic carbocycles. The predicted octanol–water partition coefficient (Wildman–Crippen LogP) is 3.45. The summed E-state index contributed by atoms with van der Waals surface area (Å²) in [6, 6.07) is 8.46. The van der Waals surface area contributed by atoms with Gasteiger partial charge in [-0.05, 0) is 36.6 Å². The molecular formula is C14H17NO. The molecule has 1 heterocycles. The molecule has 2 nitrogen and oxygen atoms in total. The smallest absolute Gasteiger partial charge is 0.119 e. The molecule has 84 valence electrons. The molecule has 2 aromatic rings. The first-order chi connectivity index (χ1) is 7.86. The van der Waals surface area contributed by atoms with Gasteiger partial charge in [0.1, 0.15) is 5.75 Å². The second-order valence-electron chi connectivity index (χ2n) is 4.67. The van der Waals surface area contributed by atoms with E-state index >= 15 is 0 Å². The molecule has 1 fully saturated rings. The van der Waals surface area contributed by atoms with Gasteiger partial charge in [-0.1, -0.05) is 12.8 Å². The highest BCUT2D eigenvalue weighted by Gasteiger charge is 2.20. The van der Waals surface area contributed by atoms with Crippen LogP contribution in [0.4, 0.5) is 0 Å². The van der Waals surface area contributed by atoms with E-state index in [2.05, 4.69) is 29.0 Å². The van der Waals surface area contributed by atoms with Crippen molar-refractivity contribution >= 4 is 10.9 Å².